The van der Waals surface area contributed by atoms with Crippen LogP contribution in [0, 0.1) is 0 Å². The Balaban J connectivity index is 1.21. The molecular weight excluding hydrogens is 388 g/mol. The van der Waals surface area contributed by atoms with Gasteiger partial charge in [-0.05, 0) is 48.7 Å². The van der Waals surface area contributed by atoms with Crippen molar-refractivity contribution < 1.29 is 18.7 Å². The fourth-order valence-electron chi connectivity index (χ4n) is 3.33. The molecule has 2 aliphatic rings. The number of benzene rings is 1. The van der Waals surface area contributed by atoms with Crippen LogP contribution in [0.2, 0.25) is 0 Å². The highest BCUT2D eigenvalue weighted by molar-refractivity contribution is 5.91. The van der Waals surface area contributed by atoms with Crippen molar-refractivity contribution >= 4 is 12.0 Å². The fraction of sp³-hybridized carbons (Fsp3) is 0.286. The Bertz CT molecular complexity index is 1150. The predicted molar refractivity (Wildman–Crippen MR) is 107 cm³/mol. The lowest BCUT2D eigenvalue weighted by Crippen LogP contribution is -2.31. The number of fused-ring (bicyclic) bond motifs is 1. The molecule has 1 aliphatic heterocycles. The molecule has 1 aromatic carbocycles. The molecule has 3 heterocycles. The molecule has 1 saturated carbocycles. The van der Waals surface area contributed by atoms with Crippen LogP contribution in [-0.2, 0) is 11.3 Å². The first kappa shape index (κ1) is 18.3. The van der Waals surface area contributed by atoms with E-state index in [1.165, 1.54) is 10.8 Å². The van der Waals surface area contributed by atoms with E-state index in [-0.39, 0.29) is 37.5 Å². The fourth-order valence-corrected chi connectivity index (χ4v) is 3.33. The smallest absolute Gasteiger partial charge is 0.346 e. The van der Waals surface area contributed by atoms with Crippen LogP contribution in [0.3, 0.4) is 0 Å². The van der Waals surface area contributed by atoms with Gasteiger partial charge in [-0.15, -0.1) is 5.10 Å². The van der Waals surface area contributed by atoms with Crippen molar-refractivity contribution in [1.82, 2.24) is 19.7 Å². The Morgan fingerprint density at radius 3 is 2.90 bits per heavy atom. The molecule has 3 aromatic rings. The number of amides is 1. The standard InChI is InChI=1S/C21H20N4O5/c26-19(8-4-14-3-7-16-18(12-14)30-13-29-16)22-9-10-24-21(27)25(15-5-6-15)20(23-24)17-2-1-11-28-17/h1-4,7-8,11-12,15H,5-6,9-10,13H2,(H,22,26)/b8-4+. The minimum absolute atomic E-state index is 0.172. The zero-order valence-corrected chi connectivity index (χ0v) is 16.1. The first-order valence-electron chi connectivity index (χ1n) is 9.78. The van der Waals surface area contributed by atoms with E-state index in [4.69, 9.17) is 13.9 Å². The lowest BCUT2D eigenvalue weighted by molar-refractivity contribution is -0.116. The van der Waals surface area contributed by atoms with E-state index in [1.807, 2.05) is 12.1 Å². The van der Waals surface area contributed by atoms with Gasteiger partial charge in [0.15, 0.2) is 17.3 Å². The monoisotopic (exact) mass is 408 g/mol. The van der Waals surface area contributed by atoms with E-state index in [2.05, 4.69) is 10.4 Å². The maximum atomic E-state index is 12.7. The quantitative estimate of drug-likeness (QED) is 0.602. The summed E-state index contributed by atoms with van der Waals surface area (Å²) in [6.45, 7) is 0.764. The van der Waals surface area contributed by atoms with Crippen molar-refractivity contribution in [3.05, 3.63) is 58.7 Å². The zero-order chi connectivity index (χ0) is 20.5. The number of hydrogen-bond donors (Lipinski definition) is 1. The Morgan fingerprint density at radius 1 is 1.23 bits per heavy atom. The third kappa shape index (κ3) is 3.61. The van der Waals surface area contributed by atoms with Gasteiger partial charge in [0.05, 0.1) is 12.8 Å². The molecule has 0 bridgehead atoms. The van der Waals surface area contributed by atoms with Crippen LogP contribution in [-0.4, -0.2) is 33.6 Å². The molecule has 9 nitrogen and oxygen atoms in total. The first-order valence-corrected chi connectivity index (χ1v) is 9.78. The third-order valence-corrected chi connectivity index (χ3v) is 4.97. The Labute approximate surface area is 171 Å². The maximum Gasteiger partial charge on any atom is 0.346 e. The molecule has 1 amide bonds. The molecule has 0 unspecified atom stereocenters. The number of carbonyl (C=O) groups excluding carboxylic acids is 1. The summed E-state index contributed by atoms with van der Waals surface area (Å²) in [7, 11) is 0. The van der Waals surface area contributed by atoms with Crippen molar-refractivity contribution in [1.29, 1.82) is 0 Å². The van der Waals surface area contributed by atoms with Crippen molar-refractivity contribution in [3.63, 3.8) is 0 Å². The van der Waals surface area contributed by atoms with Crippen LogP contribution in [0.4, 0.5) is 0 Å². The van der Waals surface area contributed by atoms with Gasteiger partial charge in [0.25, 0.3) is 0 Å². The Kier molecular flexibility index (Phi) is 4.62. The number of nitrogens with one attached hydrogen (secondary N) is 1. The molecule has 0 atom stereocenters. The summed E-state index contributed by atoms with van der Waals surface area (Å²) in [6, 6.07) is 9.19. The predicted octanol–water partition coefficient (Wildman–Crippen LogP) is 2.20. The lowest BCUT2D eigenvalue weighted by Gasteiger charge is -2.02. The van der Waals surface area contributed by atoms with Crippen molar-refractivity contribution in [2.24, 2.45) is 0 Å². The topological polar surface area (TPSA) is 101 Å². The number of carbonyl (C=O) groups is 1. The highest BCUT2D eigenvalue weighted by atomic mass is 16.7. The van der Waals surface area contributed by atoms with Crippen molar-refractivity contribution in [2.75, 3.05) is 13.3 Å². The lowest BCUT2D eigenvalue weighted by atomic mass is 10.2. The normalized spacial score (nSPS) is 15.1. The number of furan rings is 1. The third-order valence-electron chi connectivity index (χ3n) is 4.97. The number of ether oxygens (including phenoxy) is 2. The molecule has 0 spiro atoms. The van der Waals surface area contributed by atoms with Crippen molar-refractivity contribution in [2.45, 2.75) is 25.4 Å². The van der Waals surface area contributed by atoms with E-state index in [0.717, 1.165) is 18.4 Å². The van der Waals surface area contributed by atoms with Gasteiger partial charge in [0.1, 0.15) is 0 Å². The van der Waals surface area contributed by atoms with Crippen LogP contribution in [0.1, 0.15) is 24.4 Å². The van der Waals surface area contributed by atoms with Crippen LogP contribution >= 0.6 is 0 Å². The molecule has 154 valence electrons. The highest BCUT2D eigenvalue weighted by Crippen LogP contribution is 2.36. The minimum atomic E-state index is -0.256. The SMILES string of the molecule is O=C(/C=C/c1ccc2c(c1)OCO2)NCCn1nc(-c2ccco2)n(C2CC2)c1=O. The average Bonchev–Trinajstić information content (AvgIpc) is 3.15. The maximum absolute atomic E-state index is 12.7. The molecule has 2 aromatic heterocycles. The van der Waals surface area contributed by atoms with Crippen molar-refractivity contribution in [3.8, 4) is 23.1 Å². The van der Waals surface area contributed by atoms with Gasteiger partial charge in [-0.25, -0.2) is 9.48 Å². The Hall–Kier alpha value is -3.75. The van der Waals surface area contributed by atoms with Gasteiger partial charge in [0.2, 0.25) is 18.5 Å². The van der Waals surface area contributed by atoms with E-state index < -0.39 is 0 Å². The van der Waals surface area contributed by atoms with E-state index in [9.17, 15) is 9.59 Å². The number of nitrogens with zero attached hydrogens (tertiary/aromatic N) is 3. The van der Waals surface area contributed by atoms with E-state index in [0.29, 0.717) is 23.1 Å². The number of aromatic nitrogens is 3. The highest BCUT2D eigenvalue weighted by Gasteiger charge is 2.31. The Morgan fingerprint density at radius 2 is 2.10 bits per heavy atom. The average molecular weight is 408 g/mol. The molecule has 1 fully saturated rings. The van der Waals surface area contributed by atoms with Gasteiger partial charge >= 0.3 is 5.69 Å². The second kappa shape index (κ2) is 7.58. The number of hydrogen-bond acceptors (Lipinski definition) is 6. The van der Waals surface area contributed by atoms with Gasteiger partial charge in [-0.2, -0.15) is 0 Å². The molecule has 9 heteroatoms. The molecule has 5 rings (SSSR count). The van der Waals surface area contributed by atoms with Crippen LogP contribution in [0.25, 0.3) is 17.7 Å². The summed E-state index contributed by atoms with van der Waals surface area (Å²) in [4.78, 5) is 24.8. The first-order chi connectivity index (χ1) is 14.7. The summed E-state index contributed by atoms with van der Waals surface area (Å²) in [5, 5.41) is 7.19. The van der Waals surface area contributed by atoms with Gasteiger partial charge < -0.3 is 19.2 Å². The second-order valence-corrected chi connectivity index (χ2v) is 7.14. The molecule has 0 radical (unpaired) electrons. The summed E-state index contributed by atoms with van der Waals surface area (Å²) in [6.07, 6.45) is 6.61. The number of rotatable bonds is 7. The second-order valence-electron chi connectivity index (χ2n) is 7.14. The van der Waals surface area contributed by atoms with Gasteiger partial charge in [-0.1, -0.05) is 6.07 Å². The largest absolute Gasteiger partial charge is 0.461 e. The summed E-state index contributed by atoms with van der Waals surface area (Å²) >= 11 is 0. The molecule has 1 aliphatic carbocycles. The molecule has 0 saturated heterocycles. The summed E-state index contributed by atoms with van der Waals surface area (Å²) in [5.74, 6) is 2.20. The molecular formula is C21H20N4O5. The molecule has 1 N–H and O–H groups in total. The van der Waals surface area contributed by atoms with E-state index in [1.54, 1.807) is 35.1 Å². The van der Waals surface area contributed by atoms with Gasteiger partial charge in [0, 0.05) is 18.7 Å². The summed E-state index contributed by atoms with van der Waals surface area (Å²) in [5.41, 5.74) is 0.644. The molecule has 30 heavy (non-hydrogen) atoms. The zero-order valence-electron chi connectivity index (χ0n) is 16.1. The van der Waals surface area contributed by atoms with E-state index >= 15 is 0 Å². The summed E-state index contributed by atoms with van der Waals surface area (Å²) < 4.78 is 19.1. The van der Waals surface area contributed by atoms with Crippen LogP contribution < -0.4 is 20.5 Å². The minimum Gasteiger partial charge on any atom is -0.461 e. The van der Waals surface area contributed by atoms with Crippen LogP contribution in [0.5, 0.6) is 11.5 Å². The van der Waals surface area contributed by atoms with Gasteiger partial charge in [-0.3, -0.25) is 9.36 Å². The van der Waals surface area contributed by atoms with Crippen LogP contribution in [0.15, 0.2) is 51.9 Å².